The van der Waals surface area contributed by atoms with Crippen molar-refractivity contribution in [1.82, 2.24) is 0 Å². The zero-order valence-electron chi connectivity index (χ0n) is 14.1. The van der Waals surface area contributed by atoms with E-state index < -0.39 is 0 Å². The van der Waals surface area contributed by atoms with Crippen LogP contribution >= 0.6 is 22.7 Å². The molecule has 26 heavy (non-hydrogen) atoms. The van der Waals surface area contributed by atoms with E-state index >= 15 is 0 Å². The highest BCUT2D eigenvalue weighted by Crippen LogP contribution is 2.28. The Labute approximate surface area is 161 Å². The Bertz CT molecular complexity index is 968. The lowest BCUT2D eigenvalue weighted by Gasteiger charge is -2.03. The van der Waals surface area contributed by atoms with Crippen LogP contribution in [0.1, 0.15) is 20.9 Å². The van der Waals surface area contributed by atoms with Crippen molar-refractivity contribution in [2.75, 3.05) is 0 Å². The minimum absolute atomic E-state index is 1.07. The molecule has 2 heterocycles. The molecule has 0 N–H and O–H groups in total. The summed E-state index contributed by atoms with van der Waals surface area (Å²) in [4.78, 5) is 2.39. The predicted molar refractivity (Wildman–Crippen MR) is 114 cm³/mol. The first-order valence-electron chi connectivity index (χ1n) is 8.36. The molecule has 2 aromatic heterocycles. The normalized spacial score (nSPS) is 10.0. The van der Waals surface area contributed by atoms with Crippen LogP contribution in [0.25, 0.3) is 11.1 Å². The van der Waals surface area contributed by atoms with Gasteiger partial charge in [-0.05, 0) is 34.0 Å². The Balaban J connectivity index is 1.99. The van der Waals surface area contributed by atoms with E-state index in [4.69, 9.17) is 0 Å². The summed E-state index contributed by atoms with van der Waals surface area (Å²) in [6, 6.07) is 29.2. The first kappa shape index (κ1) is 16.6. The maximum atomic E-state index is 3.47. The van der Waals surface area contributed by atoms with E-state index in [0.717, 1.165) is 22.3 Å². The zero-order valence-corrected chi connectivity index (χ0v) is 15.7. The van der Waals surface area contributed by atoms with Crippen LogP contribution in [0, 0.1) is 0 Å². The third-order valence-electron chi connectivity index (χ3n) is 3.97. The quantitative estimate of drug-likeness (QED) is 0.336. The van der Waals surface area contributed by atoms with Gasteiger partial charge in [-0.15, -0.1) is 22.7 Å². The third kappa shape index (κ3) is 3.70. The molecular weight excluding hydrogens is 352 g/mol. The van der Waals surface area contributed by atoms with Crippen molar-refractivity contribution in [2.45, 2.75) is 0 Å². The molecule has 4 aromatic rings. The van der Waals surface area contributed by atoms with Crippen LogP contribution in [-0.4, -0.2) is 0 Å². The van der Waals surface area contributed by atoms with Crippen molar-refractivity contribution in [2.24, 2.45) is 0 Å². The summed E-state index contributed by atoms with van der Waals surface area (Å²) < 4.78 is 0. The van der Waals surface area contributed by atoms with E-state index in [1.807, 2.05) is 12.1 Å². The molecule has 0 saturated heterocycles. The van der Waals surface area contributed by atoms with Crippen LogP contribution in [0.5, 0.6) is 0 Å². The molecule has 4 rings (SSSR count). The second-order valence-electron chi connectivity index (χ2n) is 5.69. The van der Waals surface area contributed by atoms with Gasteiger partial charge >= 0.3 is 0 Å². The summed E-state index contributed by atoms with van der Waals surface area (Å²) in [5.74, 6) is 0. The fourth-order valence-corrected chi connectivity index (χ4v) is 4.22. The van der Waals surface area contributed by atoms with E-state index in [-0.39, 0.29) is 0 Å². The average Bonchev–Trinajstić information content (AvgIpc) is 3.41. The maximum absolute atomic E-state index is 3.47. The van der Waals surface area contributed by atoms with Gasteiger partial charge in [0.25, 0.3) is 0 Å². The second kappa shape index (κ2) is 8.01. The van der Waals surface area contributed by atoms with Crippen molar-refractivity contribution >= 4 is 33.8 Å². The minimum atomic E-state index is 1.07. The van der Waals surface area contributed by atoms with Gasteiger partial charge in [-0.3, -0.25) is 0 Å². The van der Waals surface area contributed by atoms with Gasteiger partial charge < -0.3 is 0 Å². The third-order valence-corrected chi connectivity index (χ3v) is 5.75. The van der Waals surface area contributed by atoms with Crippen molar-refractivity contribution in [3.05, 3.63) is 128 Å². The van der Waals surface area contributed by atoms with Gasteiger partial charge in [0, 0.05) is 20.9 Å². The molecular formula is C24H16S2. The Kier molecular flexibility index (Phi) is 5.12. The number of thiophene rings is 2. The number of benzene rings is 2. The standard InChI is InChI=1S/C24H16S2/c1-3-9-19(10-4-1)21(23-13-7-17-25-23)15-16-22(24-14-8-18-26-24)20-11-5-2-6-12-20/h1-14,17-18H. The smallest absolute Gasteiger partial charge is 0.0493 e. The number of hydrogen-bond donors (Lipinski definition) is 0. The van der Waals surface area contributed by atoms with Crippen LogP contribution < -0.4 is 0 Å². The average molecular weight is 369 g/mol. The molecule has 0 aliphatic rings. The topological polar surface area (TPSA) is 0 Å². The van der Waals surface area contributed by atoms with Gasteiger partial charge in [0.15, 0.2) is 0 Å². The van der Waals surface area contributed by atoms with Gasteiger partial charge in [-0.1, -0.05) is 84.3 Å². The molecule has 0 aliphatic carbocycles. The van der Waals surface area contributed by atoms with Gasteiger partial charge in [-0.25, -0.2) is 0 Å². The summed E-state index contributed by atoms with van der Waals surface area (Å²) in [6.45, 7) is 0. The first-order chi connectivity index (χ1) is 12.9. The van der Waals surface area contributed by atoms with Crippen molar-refractivity contribution in [1.29, 1.82) is 0 Å². The second-order valence-corrected chi connectivity index (χ2v) is 7.58. The Hall–Kier alpha value is -2.86. The lowest BCUT2D eigenvalue weighted by molar-refractivity contribution is 1.60. The fourth-order valence-electron chi connectivity index (χ4n) is 2.73. The highest BCUT2D eigenvalue weighted by Gasteiger charge is 2.07. The van der Waals surface area contributed by atoms with Crippen molar-refractivity contribution < 1.29 is 0 Å². The summed E-state index contributed by atoms with van der Waals surface area (Å²) in [6.07, 6.45) is 0. The molecule has 0 spiro atoms. The summed E-state index contributed by atoms with van der Waals surface area (Å²) >= 11 is 3.45. The highest BCUT2D eigenvalue weighted by molar-refractivity contribution is 7.11. The molecule has 0 saturated carbocycles. The van der Waals surface area contributed by atoms with E-state index in [9.17, 15) is 0 Å². The molecule has 0 radical (unpaired) electrons. The largest absolute Gasteiger partial charge is 0.143 e. The number of hydrogen-bond acceptors (Lipinski definition) is 2. The molecule has 0 aliphatic heterocycles. The monoisotopic (exact) mass is 368 g/mol. The van der Waals surface area contributed by atoms with E-state index in [1.54, 1.807) is 22.7 Å². The zero-order chi connectivity index (χ0) is 17.6. The predicted octanol–water partition coefficient (Wildman–Crippen LogP) is 7.13. The molecule has 124 valence electrons. The lowest BCUT2D eigenvalue weighted by Crippen LogP contribution is -1.83. The van der Waals surface area contributed by atoms with E-state index in [1.165, 1.54) is 9.75 Å². The number of rotatable bonds is 4. The van der Waals surface area contributed by atoms with Crippen LogP contribution in [0.2, 0.25) is 0 Å². The van der Waals surface area contributed by atoms with Crippen LogP contribution in [0.3, 0.4) is 0 Å². The fraction of sp³-hybridized carbons (Fsp3) is 0. The van der Waals surface area contributed by atoms with Crippen molar-refractivity contribution in [3.8, 4) is 0 Å². The van der Waals surface area contributed by atoms with Gasteiger partial charge in [0.2, 0.25) is 0 Å². The molecule has 0 amide bonds. The molecule has 0 atom stereocenters. The summed E-state index contributed by atoms with van der Waals surface area (Å²) in [7, 11) is 0. The van der Waals surface area contributed by atoms with Gasteiger partial charge in [-0.2, -0.15) is 0 Å². The van der Waals surface area contributed by atoms with Crippen LogP contribution in [0.4, 0.5) is 0 Å². The summed E-state index contributed by atoms with van der Waals surface area (Å²) in [5, 5.41) is 4.20. The Morgan fingerprint density at radius 2 is 0.923 bits per heavy atom. The Morgan fingerprint density at radius 1 is 0.500 bits per heavy atom. The van der Waals surface area contributed by atoms with Gasteiger partial charge in [0.1, 0.15) is 0 Å². The lowest BCUT2D eigenvalue weighted by atomic mass is 10.0. The molecule has 0 unspecified atom stereocenters. The molecule has 0 fully saturated rings. The van der Waals surface area contributed by atoms with E-state index in [2.05, 4.69) is 95.0 Å². The SMILES string of the molecule is C(=C=C(c1ccccc1)c1cccs1)=C(c1ccccc1)c1cccs1. The Morgan fingerprint density at radius 3 is 1.27 bits per heavy atom. The molecule has 2 heteroatoms. The van der Waals surface area contributed by atoms with Crippen LogP contribution in [0.15, 0.2) is 107 Å². The minimum Gasteiger partial charge on any atom is -0.143 e. The first-order valence-corrected chi connectivity index (χ1v) is 10.1. The maximum Gasteiger partial charge on any atom is 0.0493 e. The van der Waals surface area contributed by atoms with E-state index in [0.29, 0.717) is 0 Å². The highest BCUT2D eigenvalue weighted by atomic mass is 32.1. The molecule has 0 bridgehead atoms. The molecule has 2 aromatic carbocycles. The van der Waals surface area contributed by atoms with Crippen LogP contribution in [-0.2, 0) is 0 Å². The van der Waals surface area contributed by atoms with Gasteiger partial charge in [0.05, 0.1) is 0 Å². The molecule has 0 nitrogen and oxygen atoms in total. The summed E-state index contributed by atoms with van der Waals surface area (Å²) in [5.41, 5.74) is 11.4. The van der Waals surface area contributed by atoms with Crippen molar-refractivity contribution in [3.63, 3.8) is 0 Å².